The highest BCUT2D eigenvalue weighted by molar-refractivity contribution is 5.71. The first kappa shape index (κ1) is 61.6. The van der Waals surface area contributed by atoms with Gasteiger partial charge in [0.15, 0.2) is 6.10 Å². The summed E-state index contributed by atoms with van der Waals surface area (Å²) in [5, 5.41) is 0. The van der Waals surface area contributed by atoms with Gasteiger partial charge >= 0.3 is 17.9 Å². The molecule has 0 N–H and O–H groups in total. The van der Waals surface area contributed by atoms with Crippen LogP contribution in [0.4, 0.5) is 0 Å². The molecule has 0 rings (SSSR count). The highest BCUT2D eigenvalue weighted by Crippen LogP contribution is 2.15. The van der Waals surface area contributed by atoms with Crippen LogP contribution in [0.3, 0.4) is 0 Å². The molecular weight excluding hydrogens is 805 g/mol. The average molecular weight is 905 g/mol. The Morgan fingerprint density at radius 1 is 0.323 bits per heavy atom. The molecule has 0 radical (unpaired) electrons. The van der Waals surface area contributed by atoms with Gasteiger partial charge in [-0.15, -0.1) is 0 Å². The number of allylic oxidation sites excluding steroid dienone is 14. The number of hydrogen-bond donors (Lipinski definition) is 0. The van der Waals surface area contributed by atoms with Gasteiger partial charge in [-0.3, -0.25) is 14.4 Å². The fourth-order valence-electron chi connectivity index (χ4n) is 7.47. The van der Waals surface area contributed by atoms with E-state index in [1.54, 1.807) is 0 Å². The molecule has 0 spiro atoms. The summed E-state index contributed by atoms with van der Waals surface area (Å²) >= 11 is 0. The van der Waals surface area contributed by atoms with E-state index < -0.39 is 6.10 Å². The topological polar surface area (TPSA) is 78.9 Å². The van der Waals surface area contributed by atoms with E-state index in [9.17, 15) is 14.4 Å². The molecule has 65 heavy (non-hydrogen) atoms. The molecule has 0 aliphatic rings. The molecule has 0 aromatic heterocycles. The first-order valence-corrected chi connectivity index (χ1v) is 27.2. The smallest absolute Gasteiger partial charge is 0.306 e. The maximum Gasteiger partial charge on any atom is 0.306 e. The lowest BCUT2D eigenvalue weighted by Gasteiger charge is -2.18. The van der Waals surface area contributed by atoms with Gasteiger partial charge in [0, 0.05) is 19.3 Å². The number of esters is 3. The quantitative estimate of drug-likeness (QED) is 0.0199. The number of rotatable bonds is 48. The third-order valence-electron chi connectivity index (χ3n) is 11.5. The van der Waals surface area contributed by atoms with Crippen molar-refractivity contribution in [1.29, 1.82) is 0 Å². The standard InChI is InChI=1S/C59H100O6/c1-4-7-10-13-16-19-22-25-27-29-31-32-34-37-40-43-46-49-52-58(61)64-55-56(54-63-57(60)51-48-45-42-39-36-24-21-18-15-12-9-6-3)65-59(62)53-50-47-44-41-38-35-33-30-28-26-23-20-17-14-11-8-5-2/h8,11,14,17,20,23,26,28,30-33,35,38,56H,4-7,9-10,12-13,15-16,18-19,21-22,24-25,27,29,34,36-37,39-55H2,1-3H3/b11-8-,17-14-,23-20-,28-26-,32-31-,33-30+,38-35-. The Morgan fingerprint density at radius 3 is 1.00 bits per heavy atom. The number of ether oxygens (including phenoxy) is 3. The molecule has 1 atom stereocenters. The zero-order valence-corrected chi connectivity index (χ0v) is 42.5. The predicted octanol–water partition coefficient (Wildman–Crippen LogP) is 18.0. The van der Waals surface area contributed by atoms with Crippen molar-refractivity contribution in [3.05, 3.63) is 85.1 Å². The van der Waals surface area contributed by atoms with Crippen LogP contribution >= 0.6 is 0 Å². The second-order valence-electron chi connectivity index (χ2n) is 17.9. The Bertz CT molecular complexity index is 1270. The average Bonchev–Trinajstić information content (AvgIpc) is 3.30. The highest BCUT2D eigenvalue weighted by atomic mass is 16.6. The third kappa shape index (κ3) is 51.4. The van der Waals surface area contributed by atoms with E-state index in [1.807, 2.05) is 60.8 Å². The Balaban J connectivity index is 4.46. The van der Waals surface area contributed by atoms with Crippen molar-refractivity contribution in [3.8, 4) is 0 Å². The fourth-order valence-corrected chi connectivity index (χ4v) is 7.47. The molecule has 0 bridgehead atoms. The maximum absolute atomic E-state index is 12.8. The van der Waals surface area contributed by atoms with Gasteiger partial charge < -0.3 is 14.2 Å². The maximum atomic E-state index is 12.8. The zero-order valence-electron chi connectivity index (χ0n) is 42.5. The van der Waals surface area contributed by atoms with Gasteiger partial charge in [-0.25, -0.2) is 0 Å². The number of hydrogen-bond acceptors (Lipinski definition) is 6. The second kappa shape index (κ2) is 53.2. The van der Waals surface area contributed by atoms with Gasteiger partial charge in [0.05, 0.1) is 0 Å². The largest absolute Gasteiger partial charge is 0.462 e. The van der Waals surface area contributed by atoms with Crippen LogP contribution in [0.5, 0.6) is 0 Å². The molecule has 6 nitrogen and oxygen atoms in total. The molecule has 0 amide bonds. The van der Waals surface area contributed by atoms with Gasteiger partial charge in [0.2, 0.25) is 0 Å². The lowest BCUT2D eigenvalue weighted by atomic mass is 10.0. The van der Waals surface area contributed by atoms with Crippen molar-refractivity contribution in [3.63, 3.8) is 0 Å². The lowest BCUT2D eigenvalue weighted by Crippen LogP contribution is -2.30. The normalized spacial score (nSPS) is 12.7. The van der Waals surface area contributed by atoms with E-state index in [0.29, 0.717) is 19.3 Å². The summed E-state index contributed by atoms with van der Waals surface area (Å²) in [6.07, 6.45) is 68.5. The minimum atomic E-state index is -0.801. The molecule has 0 aliphatic carbocycles. The molecule has 0 aromatic carbocycles. The molecule has 372 valence electrons. The summed E-state index contributed by atoms with van der Waals surface area (Å²) in [7, 11) is 0. The lowest BCUT2D eigenvalue weighted by molar-refractivity contribution is -0.167. The summed E-state index contributed by atoms with van der Waals surface area (Å²) in [5.41, 5.74) is 0. The van der Waals surface area contributed by atoms with Gasteiger partial charge in [-0.2, -0.15) is 0 Å². The molecule has 6 heteroatoms. The van der Waals surface area contributed by atoms with E-state index in [0.717, 1.165) is 70.6 Å². The summed E-state index contributed by atoms with van der Waals surface area (Å²) in [6, 6.07) is 0. The van der Waals surface area contributed by atoms with Crippen molar-refractivity contribution in [2.75, 3.05) is 13.2 Å². The monoisotopic (exact) mass is 905 g/mol. The number of carbonyl (C=O) groups is 3. The van der Waals surface area contributed by atoms with E-state index in [2.05, 4.69) is 45.1 Å². The summed E-state index contributed by atoms with van der Waals surface area (Å²) in [4.78, 5) is 38.0. The third-order valence-corrected chi connectivity index (χ3v) is 11.5. The number of unbranched alkanes of at least 4 members (excludes halogenated alkanes) is 28. The van der Waals surface area contributed by atoms with Crippen LogP contribution in [0.1, 0.15) is 252 Å². The van der Waals surface area contributed by atoms with Gasteiger partial charge in [0.25, 0.3) is 0 Å². The van der Waals surface area contributed by atoms with Crippen LogP contribution in [0, 0.1) is 0 Å². The van der Waals surface area contributed by atoms with Gasteiger partial charge in [0.1, 0.15) is 13.2 Å². The van der Waals surface area contributed by atoms with Crippen molar-refractivity contribution in [2.24, 2.45) is 0 Å². The first-order valence-electron chi connectivity index (χ1n) is 27.2. The SMILES string of the molecule is CC\C=C/C=C\C=C/C=C\C=C\C=C/CCCCCC(=O)OC(COC(=O)CCCCCCC/C=C\CCCCCCCCCCC)COC(=O)CCCCCCCCCCCCCC. The van der Waals surface area contributed by atoms with Crippen LogP contribution < -0.4 is 0 Å². The summed E-state index contributed by atoms with van der Waals surface area (Å²) < 4.78 is 16.8. The van der Waals surface area contributed by atoms with Crippen LogP contribution in [0.15, 0.2) is 85.1 Å². The molecule has 0 saturated heterocycles. The molecular formula is C59H100O6. The Morgan fingerprint density at radius 2 is 0.615 bits per heavy atom. The summed E-state index contributed by atoms with van der Waals surface area (Å²) in [5.74, 6) is -0.945. The molecule has 0 aromatic rings. The van der Waals surface area contributed by atoms with E-state index in [4.69, 9.17) is 14.2 Å². The van der Waals surface area contributed by atoms with E-state index >= 15 is 0 Å². The van der Waals surface area contributed by atoms with Gasteiger partial charge in [-0.1, -0.05) is 254 Å². The van der Waals surface area contributed by atoms with Crippen LogP contribution in [-0.4, -0.2) is 37.2 Å². The Hall–Kier alpha value is -3.41. The van der Waals surface area contributed by atoms with Crippen LogP contribution in [-0.2, 0) is 28.6 Å². The highest BCUT2D eigenvalue weighted by Gasteiger charge is 2.19. The van der Waals surface area contributed by atoms with Crippen molar-refractivity contribution < 1.29 is 28.6 Å². The first-order chi connectivity index (χ1) is 32.0. The van der Waals surface area contributed by atoms with Crippen molar-refractivity contribution in [1.82, 2.24) is 0 Å². The summed E-state index contributed by atoms with van der Waals surface area (Å²) in [6.45, 7) is 6.45. The van der Waals surface area contributed by atoms with Crippen molar-refractivity contribution in [2.45, 2.75) is 258 Å². The van der Waals surface area contributed by atoms with E-state index in [1.165, 1.54) is 135 Å². The molecule has 0 saturated carbocycles. The second-order valence-corrected chi connectivity index (χ2v) is 17.9. The molecule has 0 aliphatic heterocycles. The minimum absolute atomic E-state index is 0.0960. The minimum Gasteiger partial charge on any atom is -0.462 e. The Kier molecular flexibility index (Phi) is 50.4. The van der Waals surface area contributed by atoms with Gasteiger partial charge in [-0.05, 0) is 64.2 Å². The Labute approximate surface area is 401 Å². The predicted molar refractivity (Wildman–Crippen MR) is 279 cm³/mol. The molecule has 0 fully saturated rings. The molecule has 0 heterocycles. The van der Waals surface area contributed by atoms with Crippen LogP contribution in [0.2, 0.25) is 0 Å². The van der Waals surface area contributed by atoms with E-state index in [-0.39, 0.29) is 37.5 Å². The molecule has 1 unspecified atom stereocenters. The fraction of sp³-hybridized carbons (Fsp3) is 0.712. The van der Waals surface area contributed by atoms with Crippen molar-refractivity contribution >= 4 is 17.9 Å². The number of carbonyl (C=O) groups excluding carboxylic acids is 3. The van der Waals surface area contributed by atoms with Crippen LogP contribution in [0.25, 0.3) is 0 Å². The zero-order chi connectivity index (χ0) is 47.2.